The van der Waals surface area contributed by atoms with Crippen molar-refractivity contribution in [3.8, 4) is 0 Å². The molecule has 4 N–H and O–H groups in total. The molecule has 2 aromatic carbocycles. The van der Waals surface area contributed by atoms with E-state index in [2.05, 4.69) is 71.1 Å². The van der Waals surface area contributed by atoms with Gasteiger partial charge in [-0.15, -0.1) is 0 Å². The number of unbranched alkanes of at least 4 members (excludes halogenated alkanes) is 18. The predicted molar refractivity (Wildman–Crippen MR) is 238 cm³/mol. The van der Waals surface area contributed by atoms with E-state index in [0.717, 1.165) is 61.5 Å². The third kappa shape index (κ3) is 27.2. The summed E-state index contributed by atoms with van der Waals surface area (Å²) in [6.07, 6.45) is 29.8. The molecule has 0 aliphatic rings. The molecule has 0 unspecified atom stereocenters. The Bertz CT molecular complexity index is 1150. The first-order valence-corrected chi connectivity index (χ1v) is 22.5. The number of anilines is 2. The van der Waals surface area contributed by atoms with Gasteiger partial charge in [0.25, 0.3) is 0 Å². The summed E-state index contributed by atoms with van der Waals surface area (Å²) in [6.45, 7) is 10.1. The van der Waals surface area contributed by atoms with Gasteiger partial charge in [-0.25, -0.2) is 9.59 Å². The van der Waals surface area contributed by atoms with E-state index in [4.69, 9.17) is 0 Å². The Morgan fingerprint density at radius 2 is 0.782 bits per heavy atom. The van der Waals surface area contributed by atoms with Gasteiger partial charge in [-0.05, 0) is 108 Å². The van der Waals surface area contributed by atoms with Crippen LogP contribution in [0.2, 0.25) is 0 Å². The number of hydrogen-bond donors (Lipinski definition) is 4. The minimum atomic E-state index is -0.174. The van der Waals surface area contributed by atoms with Gasteiger partial charge in [-0.2, -0.15) is 0 Å². The first-order chi connectivity index (χ1) is 26.9. The quantitative estimate of drug-likeness (QED) is 0.0535. The smallest absolute Gasteiger partial charge is 0.319 e. The largest absolute Gasteiger partial charge is 0.338 e. The van der Waals surface area contributed by atoms with Crippen molar-refractivity contribution < 1.29 is 9.59 Å². The van der Waals surface area contributed by atoms with Crippen LogP contribution in [0.1, 0.15) is 166 Å². The normalized spacial score (nSPS) is 11.3. The average Bonchev–Trinajstić information content (AvgIpc) is 3.17. The first kappa shape index (κ1) is 48.0. The zero-order valence-electron chi connectivity index (χ0n) is 35.8. The molecule has 0 saturated heterocycles. The van der Waals surface area contributed by atoms with Crippen LogP contribution in [0.4, 0.5) is 21.0 Å². The van der Waals surface area contributed by atoms with E-state index in [0.29, 0.717) is 19.5 Å². The molecule has 0 aliphatic carbocycles. The molecule has 2 rings (SSSR count). The molecule has 0 aromatic heterocycles. The van der Waals surface area contributed by atoms with Gasteiger partial charge in [0.2, 0.25) is 0 Å². The van der Waals surface area contributed by atoms with Crippen molar-refractivity contribution in [3.05, 3.63) is 59.7 Å². The molecule has 8 nitrogen and oxygen atoms in total. The fourth-order valence-corrected chi connectivity index (χ4v) is 7.17. The Hall–Kier alpha value is -3.10. The van der Waals surface area contributed by atoms with Crippen LogP contribution in [0.25, 0.3) is 0 Å². The fraction of sp³-hybridized carbons (Fsp3) is 0.702. The molecule has 312 valence electrons. The van der Waals surface area contributed by atoms with Gasteiger partial charge in [-0.1, -0.05) is 154 Å². The Labute approximate surface area is 337 Å². The van der Waals surface area contributed by atoms with E-state index in [1.54, 1.807) is 0 Å². The molecule has 0 heterocycles. The summed E-state index contributed by atoms with van der Waals surface area (Å²) in [5.74, 6) is 0. The first-order valence-electron chi connectivity index (χ1n) is 22.5. The van der Waals surface area contributed by atoms with Gasteiger partial charge < -0.3 is 31.1 Å². The van der Waals surface area contributed by atoms with E-state index >= 15 is 0 Å². The van der Waals surface area contributed by atoms with Crippen LogP contribution in [0.15, 0.2) is 48.5 Å². The lowest BCUT2D eigenvalue weighted by Gasteiger charge is -2.17. The second kappa shape index (κ2) is 33.1. The summed E-state index contributed by atoms with van der Waals surface area (Å²) in [7, 11) is 4.36. The zero-order valence-corrected chi connectivity index (χ0v) is 35.8. The Morgan fingerprint density at radius 1 is 0.455 bits per heavy atom. The number of nitrogens with one attached hydrogen (secondary N) is 4. The summed E-state index contributed by atoms with van der Waals surface area (Å²) in [6, 6.07) is 15.6. The second-order valence-corrected chi connectivity index (χ2v) is 16.0. The van der Waals surface area contributed by atoms with Crippen LogP contribution in [0.3, 0.4) is 0 Å². The Kier molecular flexibility index (Phi) is 28.9. The maximum absolute atomic E-state index is 12.6. The van der Waals surface area contributed by atoms with Crippen LogP contribution in [-0.4, -0.2) is 75.2 Å². The van der Waals surface area contributed by atoms with E-state index in [9.17, 15) is 9.59 Å². The van der Waals surface area contributed by atoms with Gasteiger partial charge in [0, 0.05) is 24.5 Å². The van der Waals surface area contributed by atoms with Crippen LogP contribution in [0, 0.1) is 0 Å². The lowest BCUT2D eigenvalue weighted by Crippen LogP contribution is -2.32. The zero-order chi connectivity index (χ0) is 39.6. The van der Waals surface area contributed by atoms with Gasteiger partial charge in [0.1, 0.15) is 0 Å². The highest BCUT2D eigenvalue weighted by Gasteiger charge is 2.07. The summed E-state index contributed by atoms with van der Waals surface area (Å²) >= 11 is 0. The van der Waals surface area contributed by atoms with Gasteiger partial charge >= 0.3 is 12.1 Å². The third-order valence-electron chi connectivity index (χ3n) is 10.6. The number of amides is 4. The molecule has 2 aromatic rings. The number of hydrogen-bond acceptors (Lipinski definition) is 4. The fourth-order valence-electron chi connectivity index (χ4n) is 7.17. The topological polar surface area (TPSA) is 88.7 Å². The molecule has 55 heavy (non-hydrogen) atoms. The number of urea groups is 2. The summed E-state index contributed by atoms with van der Waals surface area (Å²) in [4.78, 5) is 30.0. The van der Waals surface area contributed by atoms with Gasteiger partial charge in [-0.3, -0.25) is 0 Å². The minimum absolute atomic E-state index is 0.174. The van der Waals surface area contributed by atoms with Crippen molar-refractivity contribution in [2.24, 2.45) is 0 Å². The standard InChI is InChI=1S/C47H82N6O2/c1-5-7-9-11-13-15-17-19-21-23-35-52(3)37-27-33-48-46(54)50-44-31-25-29-42(40-44)39-43-30-26-32-45(41-43)51-47(55)49-34-28-38-53(4)36-24-22-20-18-16-14-12-10-8-6-2/h25-26,29-32,40-41H,5-24,27-28,33-39H2,1-4H3,(H2,48,50,54)(H2,49,51,55). The van der Waals surface area contributed by atoms with Gasteiger partial charge in [0.05, 0.1) is 0 Å². The number of benzene rings is 2. The molecule has 0 radical (unpaired) electrons. The maximum atomic E-state index is 12.6. The third-order valence-corrected chi connectivity index (χ3v) is 10.6. The molecule has 0 spiro atoms. The molecule has 0 bridgehead atoms. The predicted octanol–water partition coefficient (Wildman–Crippen LogP) is 12.0. The molecular weight excluding hydrogens is 681 g/mol. The maximum Gasteiger partial charge on any atom is 0.319 e. The molecule has 0 saturated carbocycles. The van der Waals surface area contributed by atoms with Crippen LogP contribution < -0.4 is 21.3 Å². The molecule has 4 amide bonds. The van der Waals surface area contributed by atoms with Crippen molar-refractivity contribution in [3.63, 3.8) is 0 Å². The van der Waals surface area contributed by atoms with Crippen molar-refractivity contribution in [1.29, 1.82) is 0 Å². The van der Waals surface area contributed by atoms with Crippen molar-refractivity contribution >= 4 is 23.4 Å². The van der Waals surface area contributed by atoms with E-state index < -0.39 is 0 Å². The average molecular weight is 763 g/mol. The number of carbonyl (C=O) groups is 2. The molecule has 0 aliphatic heterocycles. The second-order valence-electron chi connectivity index (χ2n) is 16.0. The lowest BCUT2D eigenvalue weighted by atomic mass is 10.0. The monoisotopic (exact) mass is 763 g/mol. The van der Waals surface area contributed by atoms with Crippen molar-refractivity contribution in [1.82, 2.24) is 20.4 Å². The van der Waals surface area contributed by atoms with Crippen LogP contribution in [-0.2, 0) is 6.42 Å². The van der Waals surface area contributed by atoms with E-state index in [1.165, 1.54) is 128 Å². The highest BCUT2D eigenvalue weighted by Crippen LogP contribution is 2.18. The Morgan fingerprint density at radius 3 is 1.15 bits per heavy atom. The SMILES string of the molecule is CCCCCCCCCCCCN(C)CCCNC(=O)Nc1cccc(Cc2cccc(NC(=O)NCCCN(C)CCCCCCCCCCCC)c2)c1. The molecule has 0 fully saturated rings. The van der Waals surface area contributed by atoms with E-state index in [-0.39, 0.29) is 12.1 Å². The molecule has 8 heteroatoms. The number of nitrogens with zero attached hydrogens (tertiary/aromatic N) is 2. The molecular formula is C47H82N6O2. The lowest BCUT2D eigenvalue weighted by molar-refractivity contribution is 0.250. The highest BCUT2D eigenvalue weighted by molar-refractivity contribution is 5.90. The number of carbonyl (C=O) groups excluding carboxylic acids is 2. The van der Waals surface area contributed by atoms with Crippen molar-refractivity contribution in [2.75, 3.05) is 64.0 Å². The summed E-state index contributed by atoms with van der Waals surface area (Å²) in [5.41, 5.74) is 3.73. The van der Waals surface area contributed by atoms with Crippen LogP contribution >= 0.6 is 0 Å². The Balaban J connectivity index is 1.55. The van der Waals surface area contributed by atoms with Crippen LogP contribution in [0.5, 0.6) is 0 Å². The summed E-state index contributed by atoms with van der Waals surface area (Å²) in [5, 5.41) is 12.0. The highest BCUT2D eigenvalue weighted by atomic mass is 16.2. The van der Waals surface area contributed by atoms with Gasteiger partial charge in [0.15, 0.2) is 0 Å². The van der Waals surface area contributed by atoms with E-state index in [1.807, 2.05) is 36.4 Å². The van der Waals surface area contributed by atoms with Crippen molar-refractivity contribution in [2.45, 2.75) is 162 Å². The number of rotatable bonds is 34. The minimum Gasteiger partial charge on any atom is -0.338 e. The molecule has 0 atom stereocenters. The summed E-state index contributed by atoms with van der Waals surface area (Å²) < 4.78 is 0.